The molecule has 112 valence electrons. The van der Waals surface area contributed by atoms with E-state index in [1.807, 2.05) is 0 Å². The molecule has 1 heterocycles. The highest BCUT2D eigenvalue weighted by Crippen LogP contribution is 2.17. The van der Waals surface area contributed by atoms with Gasteiger partial charge in [-0.25, -0.2) is 4.68 Å². The number of amides is 1. The average molecular weight is 297 g/mol. The van der Waals surface area contributed by atoms with Crippen molar-refractivity contribution in [3.8, 4) is 5.75 Å². The van der Waals surface area contributed by atoms with Crippen LogP contribution in [0.15, 0.2) is 30.6 Å². The standard InChI is InChI=1S/C12H13F2N5O2/c1-18(11(20)7-19-8-15-16-17-19)6-9-3-2-4-10(5-9)21-12(13)14/h2-5,8,12H,6-7H2,1H3. The monoisotopic (exact) mass is 297 g/mol. The Morgan fingerprint density at radius 2 is 2.29 bits per heavy atom. The van der Waals surface area contributed by atoms with Crippen LogP contribution in [0.3, 0.4) is 0 Å². The van der Waals surface area contributed by atoms with Gasteiger partial charge in [0.1, 0.15) is 18.6 Å². The molecule has 1 amide bonds. The topological polar surface area (TPSA) is 73.1 Å². The summed E-state index contributed by atoms with van der Waals surface area (Å²) in [4.78, 5) is 13.4. The first-order chi connectivity index (χ1) is 10.0. The molecule has 0 atom stereocenters. The number of hydrogen-bond acceptors (Lipinski definition) is 5. The summed E-state index contributed by atoms with van der Waals surface area (Å²) in [6.07, 6.45) is 1.34. The fourth-order valence-electron chi connectivity index (χ4n) is 1.69. The Balaban J connectivity index is 1.95. The molecule has 0 saturated heterocycles. The van der Waals surface area contributed by atoms with Crippen molar-refractivity contribution in [1.82, 2.24) is 25.1 Å². The predicted octanol–water partition coefficient (Wildman–Crippen LogP) is 0.933. The molecule has 0 N–H and O–H groups in total. The summed E-state index contributed by atoms with van der Waals surface area (Å²) in [7, 11) is 1.60. The maximum absolute atomic E-state index is 12.1. The highest BCUT2D eigenvalue weighted by atomic mass is 19.3. The van der Waals surface area contributed by atoms with Gasteiger partial charge in [0, 0.05) is 13.6 Å². The number of carbonyl (C=O) groups is 1. The van der Waals surface area contributed by atoms with Gasteiger partial charge in [-0.3, -0.25) is 4.79 Å². The lowest BCUT2D eigenvalue weighted by Crippen LogP contribution is -2.30. The molecule has 0 aliphatic heterocycles. The molecule has 0 bridgehead atoms. The van der Waals surface area contributed by atoms with Crippen molar-refractivity contribution in [3.63, 3.8) is 0 Å². The molecule has 9 heteroatoms. The van der Waals surface area contributed by atoms with Crippen molar-refractivity contribution in [2.24, 2.45) is 0 Å². The Morgan fingerprint density at radius 3 is 2.95 bits per heavy atom. The SMILES string of the molecule is CN(Cc1cccc(OC(F)F)c1)C(=O)Cn1cnnn1. The van der Waals surface area contributed by atoms with E-state index in [0.29, 0.717) is 5.56 Å². The maximum Gasteiger partial charge on any atom is 0.387 e. The van der Waals surface area contributed by atoms with Gasteiger partial charge < -0.3 is 9.64 Å². The van der Waals surface area contributed by atoms with Crippen LogP contribution in [-0.4, -0.2) is 44.7 Å². The van der Waals surface area contributed by atoms with Crippen LogP contribution in [0.4, 0.5) is 8.78 Å². The number of tetrazole rings is 1. The maximum atomic E-state index is 12.1. The van der Waals surface area contributed by atoms with Crippen LogP contribution in [0, 0.1) is 0 Å². The summed E-state index contributed by atoms with van der Waals surface area (Å²) in [5.74, 6) is -0.147. The van der Waals surface area contributed by atoms with Crippen molar-refractivity contribution < 1.29 is 18.3 Å². The molecule has 21 heavy (non-hydrogen) atoms. The lowest BCUT2D eigenvalue weighted by atomic mass is 10.2. The number of rotatable bonds is 6. The second kappa shape index (κ2) is 6.73. The summed E-state index contributed by atoms with van der Waals surface area (Å²) in [5.41, 5.74) is 0.681. The van der Waals surface area contributed by atoms with Crippen molar-refractivity contribution in [2.45, 2.75) is 19.7 Å². The summed E-state index contributed by atoms with van der Waals surface area (Å²) >= 11 is 0. The van der Waals surface area contributed by atoms with Crippen LogP contribution >= 0.6 is 0 Å². The van der Waals surface area contributed by atoms with Crippen molar-refractivity contribution in [3.05, 3.63) is 36.2 Å². The summed E-state index contributed by atoms with van der Waals surface area (Å²) < 4.78 is 29.9. The quantitative estimate of drug-likeness (QED) is 0.793. The van der Waals surface area contributed by atoms with E-state index in [9.17, 15) is 13.6 Å². The molecule has 7 nitrogen and oxygen atoms in total. The van der Waals surface area contributed by atoms with Gasteiger partial charge in [-0.05, 0) is 28.1 Å². The van der Waals surface area contributed by atoms with Gasteiger partial charge in [0.15, 0.2) is 0 Å². The molecule has 0 saturated carbocycles. The molecule has 0 spiro atoms. The highest BCUT2D eigenvalue weighted by Gasteiger charge is 2.12. The Morgan fingerprint density at radius 1 is 1.48 bits per heavy atom. The molecule has 0 fully saturated rings. The van der Waals surface area contributed by atoms with Crippen molar-refractivity contribution >= 4 is 5.91 Å². The van der Waals surface area contributed by atoms with E-state index in [1.54, 1.807) is 19.2 Å². The largest absolute Gasteiger partial charge is 0.435 e. The summed E-state index contributed by atoms with van der Waals surface area (Å²) in [6.45, 7) is -2.60. The normalized spacial score (nSPS) is 10.7. The molecular formula is C12H13F2N5O2. The highest BCUT2D eigenvalue weighted by molar-refractivity contribution is 5.75. The van der Waals surface area contributed by atoms with Crippen LogP contribution in [0.2, 0.25) is 0 Å². The summed E-state index contributed by atoms with van der Waals surface area (Å²) in [6, 6.07) is 6.21. The molecule has 2 aromatic rings. The molecule has 2 rings (SSSR count). The minimum Gasteiger partial charge on any atom is -0.435 e. The van der Waals surface area contributed by atoms with Crippen LogP contribution < -0.4 is 4.74 Å². The molecule has 1 aromatic carbocycles. The Kier molecular flexibility index (Phi) is 4.75. The van der Waals surface area contributed by atoms with Gasteiger partial charge in [0.05, 0.1) is 0 Å². The Bertz CT molecular complexity index is 591. The third-order valence-electron chi connectivity index (χ3n) is 2.66. The fraction of sp³-hybridized carbons (Fsp3) is 0.333. The fourth-order valence-corrected chi connectivity index (χ4v) is 1.69. The number of alkyl halides is 2. The number of halogens is 2. The number of carbonyl (C=O) groups excluding carboxylic acids is 1. The van der Waals surface area contributed by atoms with E-state index in [1.165, 1.54) is 28.0 Å². The molecule has 1 aromatic heterocycles. The third-order valence-corrected chi connectivity index (χ3v) is 2.66. The zero-order valence-electron chi connectivity index (χ0n) is 11.2. The smallest absolute Gasteiger partial charge is 0.387 e. The Labute approximate surface area is 119 Å². The van der Waals surface area contributed by atoms with Gasteiger partial charge in [-0.1, -0.05) is 12.1 Å². The molecule has 0 aliphatic carbocycles. The van der Waals surface area contributed by atoms with Gasteiger partial charge >= 0.3 is 6.61 Å². The second-order valence-electron chi connectivity index (χ2n) is 4.28. The third kappa shape index (κ3) is 4.48. The van der Waals surface area contributed by atoms with Crippen LogP contribution in [0.5, 0.6) is 5.75 Å². The minimum atomic E-state index is -2.88. The molecule has 0 radical (unpaired) electrons. The first kappa shape index (κ1) is 14.8. The van der Waals surface area contributed by atoms with E-state index in [-0.39, 0.29) is 24.7 Å². The van der Waals surface area contributed by atoms with Gasteiger partial charge in [-0.15, -0.1) is 5.10 Å². The van der Waals surface area contributed by atoms with Crippen molar-refractivity contribution in [2.75, 3.05) is 7.05 Å². The number of nitrogens with zero attached hydrogens (tertiary/aromatic N) is 5. The number of aromatic nitrogens is 4. The van der Waals surface area contributed by atoms with Gasteiger partial charge in [0.25, 0.3) is 0 Å². The van der Waals surface area contributed by atoms with Crippen molar-refractivity contribution in [1.29, 1.82) is 0 Å². The zero-order valence-corrected chi connectivity index (χ0v) is 11.2. The van der Waals surface area contributed by atoms with Crippen LogP contribution in [0.1, 0.15) is 5.56 Å². The van der Waals surface area contributed by atoms with Crippen LogP contribution in [0.25, 0.3) is 0 Å². The number of hydrogen-bond donors (Lipinski definition) is 0. The first-order valence-corrected chi connectivity index (χ1v) is 6.03. The molecule has 0 aliphatic rings. The Hall–Kier alpha value is -2.58. The van der Waals surface area contributed by atoms with Gasteiger partial charge in [-0.2, -0.15) is 8.78 Å². The number of ether oxygens (including phenoxy) is 1. The zero-order chi connectivity index (χ0) is 15.2. The first-order valence-electron chi connectivity index (χ1n) is 6.03. The summed E-state index contributed by atoms with van der Waals surface area (Å²) in [5, 5.41) is 10.5. The van der Waals surface area contributed by atoms with E-state index in [0.717, 1.165) is 0 Å². The second-order valence-corrected chi connectivity index (χ2v) is 4.28. The average Bonchev–Trinajstić information content (AvgIpc) is 2.91. The van der Waals surface area contributed by atoms with E-state index < -0.39 is 6.61 Å². The number of likely N-dealkylation sites (N-methyl/N-ethyl adjacent to an activating group) is 1. The van der Waals surface area contributed by atoms with E-state index in [2.05, 4.69) is 20.3 Å². The van der Waals surface area contributed by atoms with E-state index in [4.69, 9.17) is 0 Å². The van der Waals surface area contributed by atoms with Gasteiger partial charge in [0.2, 0.25) is 5.91 Å². The number of benzene rings is 1. The lowest BCUT2D eigenvalue weighted by molar-refractivity contribution is -0.131. The molecule has 0 unspecified atom stereocenters. The lowest BCUT2D eigenvalue weighted by Gasteiger charge is -2.17. The van der Waals surface area contributed by atoms with E-state index >= 15 is 0 Å². The predicted molar refractivity (Wildman–Crippen MR) is 67.4 cm³/mol. The minimum absolute atomic E-state index is 0.0106. The van der Waals surface area contributed by atoms with Crippen LogP contribution in [-0.2, 0) is 17.9 Å². The molecular weight excluding hydrogens is 284 g/mol.